The fraction of sp³-hybridized carbons (Fsp3) is 0.0952. The van der Waals surface area contributed by atoms with E-state index < -0.39 is 11.8 Å². The third-order valence-corrected chi connectivity index (χ3v) is 4.05. The molecule has 0 bridgehead atoms. The summed E-state index contributed by atoms with van der Waals surface area (Å²) in [7, 11) is 0. The number of carbonyl (C=O) groups is 2. The van der Waals surface area contributed by atoms with Gasteiger partial charge in [-0.15, -0.1) is 0 Å². The van der Waals surface area contributed by atoms with E-state index in [9.17, 15) is 14.0 Å². The summed E-state index contributed by atoms with van der Waals surface area (Å²) >= 11 is 0. The van der Waals surface area contributed by atoms with E-state index in [4.69, 9.17) is 11.0 Å². The molecule has 5 N–H and O–H groups in total. The van der Waals surface area contributed by atoms with Crippen LogP contribution in [0.5, 0.6) is 0 Å². The van der Waals surface area contributed by atoms with Gasteiger partial charge < -0.3 is 21.7 Å². The molecule has 0 spiro atoms. The first-order valence-corrected chi connectivity index (χ1v) is 9.13. The van der Waals surface area contributed by atoms with Crippen LogP contribution in [0.25, 0.3) is 0 Å². The minimum absolute atomic E-state index is 0.0828. The lowest BCUT2D eigenvalue weighted by Crippen LogP contribution is -2.17. The standard InChI is InChI=1S/C21H18FN7O2/c22-14-4-1-3-13(9-14)11-25-20-17(19(24)31)12-26-21(29-20)28-16-6-2-5-15(10-16)27-18(30)7-8-23/h1-6,9-10,12H,7,11H2,(H2,24,31)(H,27,30)(H2,25,26,28,29). The van der Waals surface area contributed by atoms with Crippen molar-refractivity contribution in [1.82, 2.24) is 9.97 Å². The smallest absolute Gasteiger partial charge is 0.254 e. The quantitative estimate of drug-likeness (QED) is 0.439. The molecule has 0 radical (unpaired) electrons. The van der Waals surface area contributed by atoms with Gasteiger partial charge in [0, 0.05) is 24.1 Å². The highest BCUT2D eigenvalue weighted by molar-refractivity contribution is 5.97. The van der Waals surface area contributed by atoms with Crippen LogP contribution in [0.4, 0.5) is 27.5 Å². The van der Waals surface area contributed by atoms with Crippen LogP contribution in [0.1, 0.15) is 22.3 Å². The number of hydrogen-bond donors (Lipinski definition) is 4. The van der Waals surface area contributed by atoms with Gasteiger partial charge in [-0.2, -0.15) is 10.2 Å². The molecule has 0 aliphatic rings. The largest absolute Gasteiger partial charge is 0.365 e. The monoisotopic (exact) mass is 419 g/mol. The molecule has 0 aliphatic carbocycles. The molecule has 0 saturated carbocycles. The zero-order valence-corrected chi connectivity index (χ0v) is 16.2. The summed E-state index contributed by atoms with van der Waals surface area (Å²) in [5.74, 6) is -1.15. The average molecular weight is 419 g/mol. The average Bonchev–Trinajstić information content (AvgIpc) is 2.72. The van der Waals surface area contributed by atoms with Gasteiger partial charge in [0.2, 0.25) is 11.9 Å². The second-order valence-electron chi connectivity index (χ2n) is 6.39. The highest BCUT2D eigenvalue weighted by Crippen LogP contribution is 2.21. The van der Waals surface area contributed by atoms with Gasteiger partial charge in [-0.25, -0.2) is 9.37 Å². The molecule has 3 aromatic rings. The Morgan fingerprint density at radius 3 is 2.65 bits per heavy atom. The Morgan fingerprint density at radius 1 is 1.13 bits per heavy atom. The van der Waals surface area contributed by atoms with E-state index in [1.165, 1.54) is 18.3 Å². The van der Waals surface area contributed by atoms with E-state index in [0.29, 0.717) is 16.9 Å². The summed E-state index contributed by atoms with van der Waals surface area (Å²) in [5, 5.41) is 17.1. The number of carbonyl (C=O) groups excluding carboxylic acids is 2. The van der Waals surface area contributed by atoms with Crippen molar-refractivity contribution in [3.8, 4) is 6.07 Å². The van der Waals surface area contributed by atoms with Gasteiger partial charge in [-0.05, 0) is 35.9 Å². The van der Waals surface area contributed by atoms with Crippen molar-refractivity contribution in [3.05, 3.63) is 71.7 Å². The molecule has 9 nitrogen and oxygen atoms in total. The highest BCUT2D eigenvalue weighted by atomic mass is 19.1. The molecule has 31 heavy (non-hydrogen) atoms. The third kappa shape index (κ3) is 5.98. The van der Waals surface area contributed by atoms with Crippen molar-refractivity contribution in [2.75, 3.05) is 16.0 Å². The lowest BCUT2D eigenvalue weighted by molar-refractivity contribution is -0.115. The third-order valence-electron chi connectivity index (χ3n) is 4.05. The second kappa shape index (κ2) is 9.80. The molecule has 1 aromatic heterocycles. The summed E-state index contributed by atoms with van der Waals surface area (Å²) in [6.07, 6.45) is 1.03. The van der Waals surface area contributed by atoms with Gasteiger partial charge in [-0.1, -0.05) is 18.2 Å². The number of amides is 2. The Morgan fingerprint density at radius 2 is 1.90 bits per heavy atom. The molecule has 2 aromatic carbocycles. The predicted octanol–water partition coefficient (Wildman–Crippen LogP) is 2.92. The van der Waals surface area contributed by atoms with Crippen LogP contribution in [-0.4, -0.2) is 21.8 Å². The Balaban J connectivity index is 1.78. The van der Waals surface area contributed by atoms with Crippen LogP contribution < -0.4 is 21.7 Å². The molecule has 2 amide bonds. The maximum absolute atomic E-state index is 13.4. The van der Waals surface area contributed by atoms with Crippen LogP contribution >= 0.6 is 0 Å². The molecule has 0 fully saturated rings. The zero-order chi connectivity index (χ0) is 22.2. The number of primary amides is 1. The fourth-order valence-corrected chi connectivity index (χ4v) is 2.67. The topological polar surface area (TPSA) is 146 Å². The summed E-state index contributed by atoms with van der Waals surface area (Å²) in [4.78, 5) is 31.7. The minimum Gasteiger partial charge on any atom is -0.365 e. The molecule has 0 saturated heterocycles. The first kappa shape index (κ1) is 21.2. The Hall–Kier alpha value is -4.52. The number of nitriles is 1. The van der Waals surface area contributed by atoms with Crippen LogP contribution in [-0.2, 0) is 11.3 Å². The maximum atomic E-state index is 13.4. The van der Waals surface area contributed by atoms with Crippen LogP contribution in [0.3, 0.4) is 0 Å². The summed E-state index contributed by atoms with van der Waals surface area (Å²) in [6.45, 7) is 0.217. The van der Waals surface area contributed by atoms with Gasteiger partial charge in [0.15, 0.2) is 0 Å². The summed E-state index contributed by atoms with van der Waals surface area (Å²) in [5.41, 5.74) is 7.19. The summed E-state index contributed by atoms with van der Waals surface area (Å²) < 4.78 is 13.4. The Labute approximate surface area is 177 Å². The lowest BCUT2D eigenvalue weighted by atomic mass is 10.2. The Kier molecular flexibility index (Phi) is 6.70. The van der Waals surface area contributed by atoms with Gasteiger partial charge >= 0.3 is 0 Å². The van der Waals surface area contributed by atoms with Crippen molar-refractivity contribution in [1.29, 1.82) is 5.26 Å². The molecule has 0 unspecified atom stereocenters. The van der Waals surface area contributed by atoms with Crippen LogP contribution in [0, 0.1) is 17.1 Å². The number of rotatable bonds is 8. The minimum atomic E-state index is -0.713. The second-order valence-corrected chi connectivity index (χ2v) is 6.39. The first-order chi connectivity index (χ1) is 14.9. The summed E-state index contributed by atoms with van der Waals surface area (Å²) in [6, 6.07) is 14.5. The number of halogens is 1. The highest BCUT2D eigenvalue weighted by Gasteiger charge is 2.13. The normalized spacial score (nSPS) is 10.1. The molecule has 3 rings (SSSR count). The van der Waals surface area contributed by atoms with Crippen LogP contribution in [0.15, 0.2) is 54.7 Å². The molecular weight excluding hydrogens is 401 g/mol. The van der Waals surface area contributed by atoms with Crippen molar-refractivity contribution in [2.24, 2.45) is 5.73 Å². The van der Waals surface area contributed by atoms with Crippen molar-refractivity contribution in [2.45, 2.75) is 13.0 Å². The number of benzene rings is 2. The number of nitrogens with zero attached hydrogens (tertiary/aromatic N) is 3. The molecule has 156 valence electrons. The van der Waals surface area contributed by atoms with E-state index in [1.807, 2.05) is 0 Å². The van der Waals surface area contributed by atoms with Gasteiger partial charge in [0.05, 0.1) is 11.6 Å². The fourth-order valence-electron chi connectivity index (χ4n) is 2.67. The van der Waals surface area contributed by atoms with E-state index in [1.54, 1.807) is 42.5 Å². The van der Waals surface area contributed by atoms with E-state index in [2.05, 4.69) is 25.9 Å². The predicted molar refractivity (Wildman–Crippen MR) is 113 cm³/mol. The van der Waals surface area contributed by atoms with E-state index in [-0.39, 0.29) is 36.1 Å². The Bertz CT molecular complexity index is 1160. The number of hydrogen-bond acceptors (Lipinski definition) is 7. The number of nitrogens with two attached hydrogens (primary N) is 1. The first-order valence-electron chi connectivity index (χ1n) is 9.13. The number of aromatic nitrogens is 2. The van der Waals surface area contributed by atoms with Crippen molar-refractivity contribution >= 4 is 35.0 Å². The SMILES string of the molecule is N#CCC(=O)Nc1cccc(Nc2ncc(C(N)=O)c(NCc3cccc(F)c3)n2)c1. The van der Waals surface area contributed by atoms with Crippen molar-refractivity contribution < 1.29 is 14.0 Å². The molecule has 0 atom stereocenters. The molecule has 10 heteroatoms. The van der Waals surface area contributed by atoms with E-state index >= 15 is 0 Å². The van der Waals surface area contributed by atoms with Gasteiger partial charge in [-0.3, -0.25) is 9.59 Å². The van der Waals surface area contributed by atoms with Crippen LogP contribution in [0.2, 0.25) is 0 Å². The van der Waals surface area contributed by atoms with Gasteiger partial charge in [0.1, 0.15) is 18.1 Å². The van der Waals surface area contributed by atoms with E-state index in [0.717, 1.165) is 0 Å². The molecule has 0 aliphatic heterocycles. The zero-order valence-electron chi connectivity index (χ0n) is 16.2. The molecular formula is C21H18FN7O2. The van der Waals surface area contributed by atoms with Crippen molar-refractivity contribution in [3.63, 3.8) is 0 Å². The lowest BCUT2D eigenvalue weighted by Gasteiger charge is -2.12. The molecule has 1 heterocycles. The van der Waals surface area contributed by atoms with Gasteiger partial charge in [0.25, 0.3) is 5.91 Å². The maximum Gasteiger partial charge on any atom is 0.254 e. The number of nitrogens with one attached hydrogen (secondary N) is 3. The number of anilines is 4.